The van der Waals surface area contributed by atoms with Crippen molar-refractivity contribution in [3.05, 3.63) is 53.6 Å². The second-order valence-corrected chi connectivity index (χ2v) is 5.33. The van der Waals surface area contributed by atoms with Crippen LogP contribution in [0, 0.1) is 11.6 Å². The number of nitrogen functional groups attached to an aromatic ring is 1. The van der Waals surface area contributed by atoms with E-state index in [-0.39, 0.29) is 11.3 Å². The van der Waals surface area contributed by atoms with Gasteiger partial charge < -0.3 is 5.73 Å². The topological polar surface area (TPSA) is 68.0 Å². The van der Waals surface area contributed by atoms with Crippen LogP contribution < -0.4 is 11.1 Å². The molecule has 1 heterocycles. The van der Waals surface area contributed by atoms with Crippen LogP contribution in [0.15, 0.2) is 36.4 Å². The number of hydrogen-bond acceptors (Lipinski definition) is 4. The van der Waals surface area contributed by atoms with Crippen LogP contribution in [0.3, 0.4) is 0 Å². The fraction of sp³-hybridized carbons (Fsp3) is 0. The number of thiazole rings is 1. The molecule has 0 fully saturated rings. The Labute approximate surface area is 122 Å². The lowest BCUT2D eigenvalue weighted by Crippen LogP contribution is -2.14. The van der Waals surface area contributed by atoms with Crippen LogP contribution in [0.4, 0.5) is 19.6 Å². The molecule has 0 aliphatic rings. The minimum Gasteiger partial charge on any atom is -0.398 e. The molecule has 0 radical (unpaired) electrons. The normalized spacial score (nSPS) is 10.8. The van der Waals surface area contributed by atoms with E-state index in [0.717, 1.165) is 22.3 Å². The number of para-hydroxylation sites is 1. The largest absolute Gasteiger partial charge is 0.398 e. The number of hydrogen-bond donors (Lipinski definition) is 2. The molecular weight excluding hydrogens is 296 g/mol. The summed E-state index contributed by atoms with van der Waals surface area (Å²) in [5.41, 5.74) is 6.02. The lowest BCUT2D eigenvalue weighted by atomic mass is 10.1. The van der Waals surface area contributed by atoms with Crippen molar-refractivity contribution in [2.24, 2.45) is 0 Å². The first-order valence-corrected chi connectivity index (χ1v) is 6.77. The summed E-state index contributed by atoms with van der Waals surface area (Å²) in [7, 11) is 0. The number of nitrogens with zero attached hydrogens (tertiary/aromatic N) is 1. The average Bonchev–Trinajstić information content (AvgIpc) is 2.84. The van der Waals surface area contributed by atoms with Gasteiger partial charge in [-0.25, -0.2) is 13.8 Å². The quantitative estimate of drug-likeness (QED) is 0.713. The Morgan fingerprint density at radius 2 is 1.90 bits per heavy atom. The highest BCUT2D eigenvalue weighted by Crippen LogP contribution is 2.26. The van der Waals surface area contributed by atoms with Gasteiger partial charge in [0.1, 0.15) is 0 Å². The lowest BCUT2D eigenvalue weighted by Gasteiger charge is -2.05. The van der Waals surface area contributed by atoms with Crippen LogP contribution in [-0.4, -0.2) is 10.9 Å². The molecule has 0 aliphatic carbocycles. The maximum Gasteiger partial charge on any atom is 0.259 e. The highest BCUT2D eigenvalue weighted by molar-refractivity contribution is 7.22. The zero-order valence-electron chi connectivity index (χ0n) is 10.6. The first kappa shape index (κ1) is 13.4. The highest BCUT2D eigenvalue weighted by atomic mass is 32.1. The standard InChI is InChI=1S/C14H9F2N3OS/c15-8-5-7(10(17)6-9(8)16)13(20)19-14-18-11-3-1-2-4-12(11)21-14/h1-6H,17H2,(H,18,19,20). The molecule has 0 saturated heterocycles. The maximum atomic E-state index is 13.2. The van der Waals surface area contributed by atoms with E-state index in [1.54, 1.807) is 0 Å². The van der Waals surface area contributed by atoms with Gasteiger partial charge in [0.15, 0.2) is 16.8 Å². The van der Waals surface area contributed by atoms with Crippen LogP contribution in [0.1, 0.15) is 10.4 Å². The molecule has 106 valence electrons. The van der Waals surface area contributed by atoms with Gasteiger partial charge in [-0.15, -0.1) is 0 Å². The number of rotatable bonds is 2. The van der Waals surface area contributed by atoms with Gasteiger partial charge in [-0.05, 0) is 18.2 Å². The minimum atomic E-state index is -1.13. The fourth-order valence-corrected chi connectivity index (χ4v) is 2.71. The second-order valence-electron chi connectivity index (χ2n) is 4.29. The summed E-state index contributed by atoms with van der Waals surface area (Å²) in [5, 5.41) is 2.90. The summed E-state index contributed by atoms with van der Waals surface area (Å²) in [5.74, 6) is -2.85. The second kappa shape index (κ2) is 5.10. The molecule has 3 rings (SSSR count). The molecule has 1 aromatic heterocycles. The van der Waals surface area contributed by atoms with E-state index >= 15 is 0 Å². The van der Waals surface area contributed by atoms with Gasteiger partial charge in [0.2, 0.25) is 0 Å². The van der Waals surface area contributed by atoms with E-state index in [2.05, 4.69) is 10.3 Å². The Morgan fingerprint density at radius 3 is 2.67 bits per heavy atom. The molecule has 0 bridgehead atoms. The smallest absolute Gasteiger partial charge is 0.259 e. The Kier molecular flexibility index (Phi) is 3.26. The average molecular weight is 305 g/mol. The molecule has 0 aliphatic heterocycles. The Bertz CT molecular complexity index is 814. The molecule has 1 amide bonds. The summed E-state index contributed by atoms with van der Waals surface area (Å²) in [6, 6.07) is 8.93. The fourth-order valence-electron chi connectivity index (χ4n) is 1.85. The third-order valence-electron chi connectivity index (χ3n) is 2.85. The van der Waals surface area contributed by atoms with Gasteiger partial charge in [-0.3, -0.25) is 10.1 Å². The summed E-state index contributed by atoms with van der Waals surface area (Å²) in [6.45, 7) is 0. The van der Waals surface area contributed by atoms with Crippen molar-refractivity contribution in [1.82, 2.24) is 4.98 Å². The van der Waals surface area contributed by atoms with E-state index in [0.29, 0.717) is 5.13 Å². The zero-order chi connectivity index (χ0) is 15.0. The van der Waals surface area contributed by atoms with Crippen molar-refractivity contribution in [2.75, 3.05) is 11.1 Å². The van der Waals surface area contributed by atoms with Crippen LogP contribution in [0.5, 0.6) is 0 Å². The predicted octanol–water partition coefficient (Wildman–Crippen LogP) is 3.41. The Balaban J connectivity index is 1.91. The summed E-state index contributed by atoms with van der Waals surface area (Å²) >= 11 is 1.28. The van der Waals surface area contributed by atoms with E-state index in [9.17, 15) is 13.6 Å². The number of fused-ring (bicyclic) bond motifs is 1. The van der Waals surface area contributed by atoms with Crippen molar-refractivity contribution in [3.63, 3.8) is 0 Å². The molecule has 0 spiro atoms. The SMILES string of the molecule is Nc1cc(F)c(F)cc1C(=O)Nc1nc2ccccc2s1. The third-order valence-corrected chi connectivity index (χ3v) is 3.80. The van der Waals surface area contributed by atoms with Gasteiger partial charge in [-0.1, -0.05) is 23.5 Å². The number of nitrogens with two attached hydrogens (primary N) is 1. The summed E-state index contributed by atoms with van der Waals surface area (Å²) in [4.78, 5) is 16.3. The zero-order valence-corrected chi connectivity index (χ0v) is 11.4. The van der Waals surface area contributed by atoms with Gasteiger partial charge in [-0.2, -0.15) is 0 Å². The first-order chi connectivity index (χ1) is 10.0. The number of benzene rings is 2. The van der Waals surface area contributed by atoms with Gasteiger partial charge in [0.05, 0.1) is 15.8 Å². The first-order valence-electron chi connectivity index (χ1n) is 5.96. The van der Waals surface area contributed by atoms with Crippen molar-refractivity contribution >= 4 is 38.3 Å². The van der Waals surface area contributed by atoms with Gasteiger partial charge >= 0.3 is 0 Å². The maximum absolute atomic E-state index is 13.2. The number of carbonyl (C=O) groups is 1. The van der Waals surface area contributed by atoms with E-state index in [1.807, 2.05) is 24.3 Å². The molecule has 0 saturated carbocycles. The number of carbonyl (C=O) groups excluding carboxylic acids is 1. The van der Waals surface area contributed by atoms with Crippen LogP contribution in [0.25, 0.3) is 10.2 Å². The van der Waals surface area contributed by atoms with Crippen molar-refractivity contribution in [2.45, 2.75) is 0 Å². The summed E-state index contributed by atoms with van der Waals surface area (Å²) in [6.07, 6.45) is 0. The minimum absolute atomic E-state index is 0.131. The number of amides is 1. The summed E-state index contributed by atoms with van der Waals surface area (Å²) < 4.78 is 27.1. The number of nitrogens with one attached hydrogen (secondary N) is 1. The van der Waals surface area contributed by atoms with Crippen LogP contribution in [-0.2, 0) is 0 Å². The Morgan fingerprint density at radius 1 is 1.19 bits per heavy atom. The molecule has 4 nitrogen and oxygen atoms in total. The third kappa shape index (κ3) is 2.55. The molecule has 3 aromatic rings. The van der Waals surface area contributed by atoms with E-state index in [1.165, 1.54) is 11.3 Å². The van der Waals surface area contributed by atoms with Crippen molar-refractivity contribution in [3.8, 4) is 0 Å². The number of aromatic nitrogens is 1. The number of halogens is 2. The van der Waals surface area contributed by atoms with Gasteiger partial charge in [0, 0.05) is 11.8 Å². The number of anilines is 2. The van der Waals surface area contributed by atoms with Crippen molar-refractivity contribution < 1.29 is 13.6 Å². The van der Waals surface area contributed by atoms with Crippen LogP contribution in [0.2, 0.25) is 0 Å². The predicted molar refractivity (Wildman–Crippen MR) is 78.3 cm³/mol. The molecule has 2 aromatic carbocycles. The van der Waals surface area contributed by atoms with Crippen molar-refractivity contribution in [1.29, 1.82) is 0 Å². The molecule has 3 N–H and O–H groups in total. The highest BCUT2D eigenvalue weighted by Gasteiger charge is 2.16. The molecule has 0 unspecified atom stereocenters. The molecule has 0 atom stereocenters. The molecule has 21 heavy (non-hydrogen) atoms. The molecule has 7 heteroatoms. The van der Waals surface area contributed by atoms with Gasteiger partial charge in [0.25, 0.3) is 5.91 Å². The Hall–Kier alpha value is -2.54. The lowest BCUT2D eigenvalue weighted by molar-refractivity contribution is 0.102. The van der Waals surface area contributed by atoms with E-state index < -0.39 is 17.5 Å². The van der Waals surface area contributed by atoms with E-state index in [4.69, 9.17) is 5.73 Å². The monoisotopic (exact) mass is 305 g/mol. The molecular formula is C14H9F2N3OS. The van der Waals surface area contributed by atoms with Crippen LogP contribution >= 0.6 is 11.3 Å².